The van der Waals surface area contributed by atoms with Crippen molar-refractivity contribution in [3.8, 4) is 0 Å². The lowest BCUT2D eigenvalue weighted by Gasteiger charge is -2.08. The molecule has 0 aliphatic carbocycles. The van der Waals surface area contributed by atoms with Gasteiger partial charge in [0, 0.05) is 6.54 Å². The zero-order valence-electron chi connectivity index (χ0n) is 12.9. The molecule has 0 saturated carbocycles. The molecule has 0 radical (unpaired) electrons. The molecule has 0 aliphatic heterocycles. The normalized spacial score (nSPS) is 10.6. The minimum absolute atomic E-state index is 0.0481. The first-order chi connectivity index (χ1) is 10.0. The number of aromatic carboxylic acids is 1. The number of carboxylic acids is 1. The highest BCUT2D eigenvalue weighted by atomic mass is 16.4. The van der Waals surface area contributed by atoms with Gasteiger partial charge in [-0.1, -0.05) is 51.7 Å². The number of benzene rings is 1. The van der Waals surface area contributed by atoms with E-state index in [1.807, 2.05) is 0 Å². The van der Waals surface area contributed by atoms with E-state index in [2.05, 4.69) is 19.2 Å². The third-order valence-electron chi connectivity index (χ3n) is 3.40. The second-order valence-electron chi connectivity index (χ2n) is 5.70. The largest absolute Gasteiger partial charge is 0.478 e. The second-order valence-corrected chi connectivity index (χ2v) is 5.70. The number of rotatable bonds is 9. The molecule has 2 N–H and O–H groups in total. The average molecular weight is 291 g/mol. The van der Waals surface area contributed by atoms with Gasteiger partial charge in [-0.3, -0.25) is 4.79 Å². The molecule has 116 valence electrons. The summed E-state index contributed by atoms with van der Waals surface area (Å²) in [5, 5.41) is 11.8. The van der Waals surface area contributed by atoms with Crippen LogP contribution in [0.3, 0.4) is 0 Å². The van der Waals surface area contributed by atoms with Crippen LogP contribution in [0.1, 0.15) is 66.7 Å². The van der Waals surface area contributed by atoms with Crippen molar-refractivity contribution < 1.29 is 14.7 Å². The van der Waals surface area contributed by atoms with Crippen LogP contribution in [0.2, 0.25) is 0 Å². The first-order valence-electron chi connectivity index (χ1n) is 7.63. The van der Waals surface area contributed by atoms with Gasteiger partial charge in [0.15, 0.2) is 0 Å². The van der Waals surface area contributed by atoms with Gasteiger partial charge in [0.05, 0.1) is 11.1 Å². The average Bonchev–Trinajstić information content (AvgIpc) is 2.45. The Balaban J connectivity index is 2.30. The summed E-state index contributed by atoms with van der Waals surface area (Å²) in [5.74, 6) is -0.637. The Morgan fingerprint density at radius 1 is 1.05 bits per heavy atom. The van der Waals surface area contributed by atoms with Crippen LogP contribution in [0.4, 0.5) is 0 Å². The molecule has 4 heteroatoms. The Bertz CT molecular complexity index is 469. The Morgan fingerprint density at radius 3 is 2.29 bits per heavy atom. The minimum atomic E-state index is -1.07. The lowest BCUT2D eigenvalue weighted by Crippen LogP contribution is -2.26. The van der Waals surface area contributed by atoms with Crippen LogP contribution < -0.4 is 5.32 Å². The third-order valence-corrected chi connectivity index (χ3v) is 3.40. The van der Waals surface area contributed by atoms with Gasteiger partial charge in [-0.05, 0) is 24.5 Å². The molecular formula is C17H25NO3. The van der Waals surface area contributed by atoms with Crippen molar-refractivity contribution in [1.29, 1.82) is 0 Å². The van der Waals surface area contributed by atoms with Crippen LogP contribution in [0.5, 0.6) is 0 Å². The fourth-order valence-corrected chi connectivity index (χ4v) is 2.20. The van der Waals surface area contributed by atoms with Gasteiger partial charge in [-0.25, -0.2) is 4.79 Å². The van der Waals surface area contributed by atoms with E-state index in [0.717, 1.165) is 18.8 Å². The van der Waals surface area contributed by atoms with Gasteiger partial charge in [-0.2, -0.15) is 0 Å². The van der Waals surface area contributed by atoms with E-state index in [-0.39, 0.29) is 17.0 Å². The van der Waals surface area contributed by atoms with E-state index in [1.165, 1.54) is 25.3 Å². The molecule has 0 bridgehead atoms. The monoisotopic (exact) mass is 291 g/mol. The van der Waals surface area contributed by atoms with Crippen molar-refractivity contribution in [2.24, 2.45) is 5.92 Å². The fourth-order valence-electron chi connectivity index (χ4n) is 2.20. The topological polar surface area (TPSA) is 66.4 Å². The van der Waals surface area contributed by atoms with Crippen LogP contribution in [-0.2, 0) is 0 Å². The van der Waals surface area contributed by atoms with E-state index < -0.39 is 5.97 Å². The highest BCUT2D eigenvalue weighted by Gasteiger charge is 2.14. The Kier molecular flexibility index (Phi) is 7.51. The van der Waals surface area contributed by atoms with Crippen molar-refractivity contribution in [1.82, 2.24) is 5.32 Å². The summed E-state index contributed by atoms with van der Waals surface area (Å²) in [5.41, 5.74) is 0.275. The summed E-state index contributed by atoms with van der Waals surface area (Å²) in [6.45, 7) is 5.04. The molecule has 0 aliphatic rings. The highest BCUT2D eigenvalue weighted by Crippen LogP contribution is 2.10. The van der Waals surface area contributed by atoms with Gasteiger partial charge >= 0.3 is 5.97 Å². The summed E-state index contributed by atoms with van der Waals surface area (Å²) >= 11 is 0. The van der Waals surface area contributed by atoms with E-state index >= 15 is 0 Å². The lowest BCUT2D eigenvalue weighted by atomic mass is 10.0. The smallest absolute Gasteiger partial charge is 0.336 e. The molecule has 21 heavy (non-hydrogen) atoms. The number of carbonyl (C=O) groups excluding carboxylic acids is 1. The minimum Gasteiger partial charge on any atom is -0.478 e. The summed E-state index contributed by atoms with van der Waals surface area (Å²) in [6, 6.07) is 6.28. The van der Waals surface area contributed by atoms with Gasteiger partial charge in [0.2, 0.25) is 0 Å². The first-order valence-corrected chi connectivity index (χ1v) is 7.63. The van der Waals surface area contributed by atoms with Gasteiger partial charge in [0.1, 0.15) is 0 Å². The van der Waals surface area contributed by atoms with Crippen molar-refractivity contribution >= 4 is 11.9 Å². The Labute approximate surface area is 126 Å². The molecule has 0 atom stereocenters. The van der Waals surface area contributed by atoms with Crippen LogP contribution in [0.15, 0.2) is 24.3 Å². The van der Waals surface area contributed by atoms with Crippen LogP contribution in [0, 0.1) is 5.92 Å². The maximum atomic E-state index is 12.0. The zero-order chi connectivity index (χ0) is 15.7. The van der Waals surface area contributed by atoms with Gasteiger partial charge < -0.3 is 10.4 Å². The Morgan fingerprint density at radius 2 is 1.67 bits per heavy atom. The molecule has 1 aromatic carbocycles. The molecule has 1 aromatic rings. The summed E-state index contributed by atoms with van der Waals surface area (Å²) in [6.07, 6.45) is 5.68. The second kappa shape index (κ2) is 9.16. The molecular weight excluding hydrogens is 266 g/mol. The molecule has 0 aromatic heterocycles. The van der Waals surface area contributed by atoms with E-state index in [9.17, 15) is 9.59 Å². The van der Waals surface area contributed by atoms with Crippen LogP contribution in [-0.4, -0.2) is 23.5 Å². The van der Waals surface area contributed by atoms with Crippen molar-refractivity contribution in [2.75, 3.05) is 6.54 Å². The van der Waals surface area contributed by atoms with E-state index in [1.54, 1.807) is 18.2 Å². The first kappa shape index (κ1) is 17.2. The number of unbranched alkanes of at least 4 members (excludes halogenated alkanes) is 3. The van der Waals surface area contributed by atoms with Crippen LogP contribution >= 0.6 is 0 Å². The number of hydrogen-bond acceptors (Lipinski definition) is 2. The molecule has 0 fully saturated rings. The van der Waals surface area contributed by atoms with Crippen molar-refractivity contribution in [2.45, 2.75) is 46.0 Å². The third kappa shape index (κ3) is 6.43. The maximum absolute atomic E-state index is 12.0. The number of nitrogens with one attached hydrogen (secondary N) is 1. The number of hydrogen-bond donors (Lipinski definition) is 2. The quantitative estimate of drug-likeness (QED) is 0.681. The molecule has 4 nitrogen and oxygen atoms in total. The van der Waals surface area contributed by atoms with Crippen molar-refractivity contribution in [3.05, 3.63) is 35.4 Å². The van der Waals surface area contributed by atoms with Crippen molar-refractivity contribution in [3.63, 3.8) is 0 Å². The maximum Gasteiger partial charge on any atom is 0.336 e. The lowest BCUT2D eigenvalue weighted by molar-refractivity contribution is 0.0691. The number of carbonyl (C=O) groups is 2. The predicted octanol–water partition coefficient (Wildman–Crippen LogP) is 3.72. The zero-order valence-corrected chi connectivity index (χ0v) is 12.9. The van der Waals surface area contributed by atoms with Crippen LogP contribution in [0.25, 0.3) is 0 Å². The SMILES string of the molecule is CC(C)CCCCCCNC(=O)c1ccccc1C(=O)O. The van der Waals surface area contributed by atoms with Gasteiger partial charge in [0.25, 0.3) is 5.91 Å². The predicted molar refractivity (Wildman–Crippen MR) is 83.7 cm³/mol. The molecule has 1 rings (SSSR count). The fraction of sp³-hybridized carbons (Fsp3) is 0.529. The van der Waals surface area contributed by atoms with E-state index in [0.29, 0.717) is 6.54 Å². The number of amides is 1. The Hall–Kier alpha value is -1.84. The molecule has 0 saturated heterocycles. The summed E-state index contributed by atoms with van der Waals surface area (Å²) in [7, 11) is 0. The standard InChI is InChI=1S/C17H25NO3/c1-13(2)9-5-3-4-8-12-18-16(19)14-10-6-7-11-15(14)17(20)21/h6-7,10-11,13H,3-5,8-9,12H2,1-2H3,(H,18,19)(H,20,21). The highest BCUT2D eigenvalue weighted by molar-refractivity contribution is 6.04. The molecule has 1 amide bonds. The molecule has 0 spiro atoms. The molecule has 0 unspecified atom stereocenters. The van der Waals surface area contributed by atoms with Gasteiger partial charge in [-0.15, -0.1) is 0 Å². The summed E-state index contributed by atoms with van der Waals surface area (Å²) < 4.78 is 0. The molecule has 0 heterocycles. The summed E-state index contributed by atoms with van der Waals surface area (Å²) in [4.78, 5) is 23.0. The van der Waals surface area contributed by atoms with E-state index in [4.69, 9.17) is 5.11 Å². The number of carboxylic acid groups (broad SMARTS) is 1.